The Labute approximate surface area is 296 Å². The first kappa shape index (κ1) is 38.5. The molecule has 3 saturated carbocycles. The van der Waals surface area contributed by atoms with Crippen LogP contribution in [0.5, 0.6) is 0 Å². The second-order valence-corrected chi connectivity index (χ2v) is 19.1. The molecule has 0 amide bonds. The molecule has 2 bridgehead atoms. The maximum absolute atomic E-state index is 15.0. The van der Waals surface area contributed by atoms with Gasteiger partial charge in [0.15, 0.2) is 5.78 Å². The molecule has 49 heavy (non-hydrogen) atoms. The van der Waals surface area contributed by atoms with Crippen molar-refractivity contribution in [2.24, 2.45) is 62.6 Å². The Kier molecular flexibility index (Phi) is 9.76. The summed E-state index contributed by atoms with van der Waals surface area (Å²) in [5, 5.41) is 11.0. The van der Waals surface area contributed by atoms with Gasteiger partial charge in [-0.1, -0.05) is 67.9 Å². The third kappa shape index (κ3) is 5.17. The van der Waals surface area contributed by atoms with E-state index in [2.05, 4.69) is 88.2 Å². The fraction of sp³-hybridized carbons (Fsp3) is 0.878. The quantitative estimate of drug-likeness (QED) is 0.250. The number of likely N-dealkylation sites (N-methyl/N-ethyl adjacent to an activating group) is 1. The molecule has 0 radical (unpaired) electrons. The lowest BCUT2D eigenvalue weighted by Gasteiger charge is -2.71. The predicted octanol–water partition coefficient (Wildman–Crippen LogP) is 7.44. The van der Waals surface area contributed by atoms with Crippen LogP contribution in [0.4, 0.5) is 0 Å². The van der Waals surface area contributed by atoms with Gasteiger partial charge < -0.3 is 24.2 Å². The van der Waals surface area contributed by atoms with E-state index in [-0.39, 0.29) is 47.3 Å². The molecule has 1 heterocycles. The number of hydrogen-bond donors (Lipinski definition) is 1. The highest BCUT2D eigenvalue weighted by Gasteiger charge is 2.75. The molecule has 8 nitrogen and oxygen atoms in total. The van der Waals surface area contributed by atoms with Crippen LogP contribution in [0.25, 0.3) is 0 Å². The van der Waals surface area contributed by atoms with E-state index in [4.69, 9.17) is 14.2 Å². The molecule has 1 saturated heterocycles. The van der Waals surface area contributed by atoms with Gasteiger partial charge >= 0.3 is 11.9 Å². The summed E-state index contributed by atoms with van der Waals surface area (Å²) in [5.41, 5.74) is -2.25. The van der Waals surface area contributed by atoms with Gasteiger partial charge in [0.1, 0.15) is 12.2 Å². The lowest BCUT2D eigenvalue weighted by atomic mass is 9.33. The number of nitrogens with zero attached hydrogens (tertiary/aromatic N) is 1. The highest BCUT2D eigenvalue weighted by atomic mass is 16.6. The first-order valence-corrected chi connectivity index (χ1v) is 19.1. The monoisotopic (exact) mass is 685 g/mol. The van der Waals surface area contributed by atoms with Crippen molar-refractivity contribution in [3.63, 3.8) is 0 Å². The number of carboxylic acid groups (broad SMARTS) is 1. The molecule has 0 aromatic rings. The van der Waals surface area contributed by atoms with E-state index < -0.39 is 45.1 Å². The van der Waals surface area contributed by atoms with E-state index in [1.807, 2.05) is 13.0 Å². The molecule has 0 spiro atoms. The number of carboxylic acids is 1. The summed E-state index contributed by atoms with van der Waals surface area (Å²) >= 11 is 0. The number of esters is 1. The lowest BCUT2D eigenvalue weighted by molar-refractivity contribution is -0.288. The Balaban J connectivity index is 1.64. The fourth-order valence-electron chi connectivity index (χ4n) is 12.4. The molecule has 1 aliphatic heterocycles. The molecule has 8 heteroatoms. The second kappa shape index (κ2) is 12.4. The number of carbonyl (C=O) groups excluding carboxylic acids is 2. The topological polar surface area (TPSA) is 102 Å². The Hall–Kier alpha value is -1.77. The van der Waals surface area contributed by atoms with Gasteiger partial charge in [0.05, 0.1) is 25.2 Å². The van der Waals surface area contributed by atoms with Gasteiger partial charge in [-0.05, 0) is 107 Å². The van der Waals surface area contributed by atoms with Crippen LogP contribution in [-0.2, 0) is 28.6 Å². The third-order valence-electron chi connectivity index (χ3n) is 16.6. The highest BCUT2D eigenvalue weighted by molar-refractivity contribution is 6.00. The number of allylic oxidation sites excluding steroid dienone is 1. The average Bonchev–Trinajstić information content (AvgIpc) is 2.99. The molecule has 0 aromatic carbocycles. The van der Waals surface area contributed by atoms with E-state index in [0.29, 0.717) is 31.5 Å². The molecule has 13 atom stereocenters. The normalized spacial score (nSPS) is 45.2. The zero-order valence-electron chi connectivity index (χ0n) is 33.1. The zero-order valence-corrected chi connectivity index (χ0v) is 33.1. The average molecular weight is 686 g/mol. The Morgan fingerprint density at radius 1 is 1.08 bits per heavy atom. The third-order valence-corrected chi connectivity index (χ3v) is 16.6. The minimum atomic E-state index is -1.06. The number of ketones is 1. The van der Waals surface area contributed by atoms with Crippen LogP contribution in [0.1, 0.15) is 115 Å². The lowest BCUT2D eigenvalue weighted by Crippen LogP contribution is -2.73. The minimum Gasteiger partial charge on any atom is -0.481 e. The Morgan fingerprint density at radius 3 is 2.24 bits per heavy atom. The van der Waals surface area contributed by atoms with Crippen molar-refractivity contribution in [1.82, 2.24) is 4.90 Å². The summed E-state index contributed by atoms with van der Waals surface area (Å²) in [5.74, 6) is -1.12. The summed E-state index contributed by atoms with van der Waals surface area (Å²) < 4.78 is 20.0. The number of hydrogen-bond acceptors (Lipinski definition) is 7. The van der Waals surface area contributed by atoms with Crippen LogP contribution in [0, 0.1) is 62.6 Å². The molecular formula is C41H67NO7. The molecule has 0 unspecified atom stereocenters. The van der Waals surface area contributed by atoms with Crippen LogP contribution in [-0.4, -0.2) is 78.9 Å². The molecule has 5 aliphatic rings. The maximum Gasteiger partial charge on any atom is 0.308 e. The van der Waals surface area contributed by atoms with Crippen molar-refractivity contribution >= 4 is 17.7 Å². The van der Waals surface area contributed by atoms with E-state index in [1.165, 1.54) is 6.92 Å². The van der Waals surface area contributed by atoms with Gasteiger partial charge in [0, 0.05) is 28.7 Å². The SMILES string of the molecule is CC(=O)O[C@@H]1C[C@]23C4=CC(=O)[C@@]5(C)[C@H](C(=O)O)[C@@](C)([C@H](C)C(C)C)CC[C@]5(C)[C@H]4CC[C@H]2[C@@](C)(CO[C@H]3C)[C@H]1OC[C@](C)(C(C)C)N(C)C. The van der Waals surface area contributed by atoms with E-state index >= 15 is 0 Å². The van der Waals surface area contributed by atoms with Crippen LogP contribution in [0.2, 0.25) is 0 Å². The van der Waals surface area contributed by atoms with Crippen LogP contribution >= 0.6 is 0 Å². The van der Waals surface area contributed by atoms with Gasteiger partial charge in [0.25, 0.3) is 0 Å². The van der Waals surface area contributed by atoms with Crippen molar-refractivity contribution in [3.05, 3.63) is 11.6 Å². The summed E-state index contributed by atoms with van der Waals surface area (Å²) in [6, 6.07) is 0. The van der Waals surface area contributed by atoms with Crippen LogP contribution in [0.15, 0.2) is 11.6 Å². The van der Waals surface area contributed by atoms with E-state index in [9.17, 15) is 19.5 Å². The highest BCUT2D eigenvalue weighted by Crippen LogP contribution is 2.75. The van der Waals surface area contributed by atoms with Crippen LogP contribution in [0.3, 0.4) is 0 Å². The van der Waals surface area contributed by atoms with E-state index in [0.717, 1.165) is 31.3 Å². The zero-order chi connectivity index (χ0) is 36.9. The standard InChI is InChI=1S/C41H67NO7/c1-23(2)25(5)36(8)17-18-38(10)28-15-16-31-37(9)21-47-26(6)41(31,29(28)19-32(44)40(38,12)33(36)35(45)46)20-30(49-27(7)43)34(37)48-22-39(11,24(3)4)42(13)14/h19,23-26,28,30-31,33-34H,15-18,20-22H2,1-14H3,(H,45,46)/t25-,26+,28+,30-,31+,33-,34+,36-,37-,38-,39-,40+,41+/m1/s1. The molecule has 5 rings (SSSR count). The Morgan fingerprint density at radius 2 is 1.71 bits per heavy atom. The fourth-order valence-corrected chi connectivity index (χ4v) is 12.4. The van der Waals surface area contributed by atoms with Gasteiger partial charge in [-0.15, -0.1) is 0 Å². The molecular weight excluding hydrogens is 618 g/mol. The number of ether oxygens (including phenoxy) is 3. The maximum atomic E-state index is 15.0. The summed E-state index contributed by atoms with van der Waals surface area (Å²) in [6.07, 6.45) is 4.67. The summed E-state index contributed by atoms with van der Waals surface area (Å²) in [7, 11) is 4.17. The van der Waals surface area contributed by atoms with Gasteiger partial charge in [-0.2, -0.15) is 0 Å². The van der Waals surface area contributed by atoms with Gasteiger partial charge in [-0.3, -0.25) is 14.4 Å². The largest absolute Gasteiger partial charge is 0.481 e. The number of fused-ring (bicyclic) bond motifs is 3. The smallest absolute Gasteiger partial charge is 0.308 e. The molecule has 1 N–H and O–H groups in total. The molecule has 278 valence electrons. The number of aliphatic carboxylic acids is 1. The summed E-state index contributed by atoms with van der Waals surface area (Å²) in [4.78, 5) is 43.4. The first-order valence-electron chi connectivity index (χ1n) is 19.1. The van der Waals surface area contributed by atoms with Crippen molar-refractivity contribution in [2.75, 3.05) is 27.3 Å². The van der Waals surface area contributed by atoms with Crippen molar-refractivity contribution in [3.8, 4) is 0 Å². The van der Waals surface area contributed by atoms with Crippen molar-refractivity contribution in [2.45, 2.75) is 139 Å². The number of rotatable bonds is 9. The molecule has 0 aromatic heterocycles. The predicted molar refractivity (Wildman–Crippen MR) is 191 cm³/mol. The second-order valence-electron chi connectivity index (χ2n) is 19.1. The molecule has 4 fully saturated rings. The summed E-state index contributed by atoms with van der Waals surface area (Å²) in [6.45, 7) is 26.3. The first-order chi connectivity index (χ1) is 22.5. The van der Waals surface area contributed by atoms with Crippen molar-refractivity contribution in [1.29, 1.82) is 0 Å². The van der Waals surface area contributed by atoms with Crippen molar-refractivity contribution < 1.29 is 33.7 Å². The van der Waals surface area contributed by atoms with E-state index in [1.54, 1.807) is 0 Å². The minimum absolute atomic E-state index is 0.0222. The number of carbonyl (C=O) groups is 3. The van der Waals surface area contributed by atoms with Gasteiger partial charge in [0.2, 0.25) is 0 Å². The van der Waals surface area contributed by atoms with Crippen LogP contribution < -0.4 is 0 Å². The molecule has 4 aliphatic carbocycles. The van der Waals surface area contributed by atoms with Gasteiger partial charge in [-0.25, -0.2) is 0 Å². The Bertz CT molecular complexity index is 1360.